The summed E-state index contributed by atoms with van der Waals surface area (Å²) in [6.45, 7) is 1.25. The molecule has 0 aliphatic rings. The fourth-order valence-corrected chi connectivity index (χ4v) is 2.97. The smallest absolute Gasteiger partial charge is 0.288 e. The summed E-state index contributed by atoms with van der Waals surface area (Å²) in [5, 5.41) is 9.78. The summed E-state index contributed by atoms with van der Waals surface area (Å²) in [6, 6.07) is 7.45. The number of benzene rings is 1. The van der Waals surface area contributed by atoms with Gasteiger partial charge in [-0.1, -0.05) is 18.2 Å². The molecule has 0 saturated heterocycles. The zero-order valence-electron chi connectivity index (χ0n) is 16.6. The van der Waals surface area contributed by atoms with Crippen molar-refractivity contribution in [1.82, 2.24) is 29.4 Å². The molecular formula is C19H13F6N7O. The van der Waals surface area contributed by atoms with Gasteiger partial charge in [-0.25, -0.2) is 23.6 Å². The van der Waals surface area contributed by atoms with E-state index in [1.807, 2.05) is 0 Å². The first-order valence-electron chi connectivity index (χ1n) is 9.22. The molecule has 4 aromatic rings. The van der Waals surface area contributed by atoms with E-state index in [0.717, 1.165) is 6.07 Å². The van der Waals surface area contributed by atoms with Crippen LogP contribution in [0.3, 0.4) is 0 Å². The van der Waals surface area contributed by atoms with Crippen LogP contribution in [0.15, 0.2) is 42.7 Å². The van der Waals surface area contributed by atoms with Crippen molar-refractivity contribution in [2.45, 2.75) is 25.6 Å². The van der Waals surface area contributed by atoms with E-state index in [4.69, 9.17) is 0 Å². The van der Waals surface area contributed by atoms with Crippen molar-refractivity contribution in [2.24, 2.45) is 0 Å². The Morgan fingerprint density at radius 1 is 1.09 bits per heavy atom. The van der Waals surface area contributed by atoms with Gasteiger partial charge in [0.1, 0.15) is 17.8 Å². The van der Waals surface area contributed by atoms with Crippen molar-refractivity contribution in [3.63, 3.8) is 0 Å². The average molecular weight is 469 g/mol. The number of hydrogen-bond donors (Lipinski definition) is 1. The van der Waals surface area contributed by atoms with Gasteiger partial charge in [0.2, 0.25) is 5.95 Å². The lowest BCUT2D eigenvalue weighted by molar-refractivity contribution is -0.291. The minimum Gasteiger partial charge on any atom is -0.288 e. The van der Waals surface area contributed by atoms with E-state index >= 15 is 0 Å². The summed E-state index contributed by atoms with van der Waals surface area (Å²) in [4.78, 5) is 20.2. The fraction of sp³-hybridized carbons (Fsp3) is 0.211. The SMILES string of the molecule is Cc1cc(C(F)(F)C(F)(F)F)n2nc(C(=O)Nc3ncn(Cc4ccccc4F)n3)cc2n1. The molecule has 8 nitrogen and oxygen atoms in total. The Morgan fingerprint density at radius 3 is 2.52 bits per heavy atom. The number of aromatic nitrogens is 6. The average Bonchev–Trinajstić information content (AvgIpc) is 3.35. The minimum atomic E-state index is -5.88. The van der Waals surface area contributed by atoms with E-state index in [9.17, 15) is 31.1 Å². The van der Waals surface area contributed by atoms with Gasteiger partial charge in [-0.05, 0) is 19.1 Å². The van der Waals surface area contributed by atoms with E-state index in [0.29, 0.717) is 11.6 Å². The monoisotopic (exact) mass is 469 g/mol. The van der Waals surface area contributed by atoms with E-state index in [1.165, 1.54) is 36.1 Å². The first-order valence-corrected chi connectivity index (χ1v) is 9.22. The standard InChI is InChI=1S/C19H13F6N7O/c1-10-6-14(18(21,22)19(23,24)25)32-15(27-10)7-13(29-32)16(33)28-17-26-9-31(30-17)8-11-4-2-3-5-12(11)20/h2-7,9H,8H2,1H3,(H,28,30,33). The molecule has 172 valence electrons. The lowest BCUT2D eigenvalue weighted by Gasteiger charge is -2.20. The topological polar surface area (TPSA) is 90.0 Å². The lowest BCUT2D eigenvalue weighted by Crippen LogP contribution is -2.36. The first-order chi connectivity index (χ1) is 15.5. The van der Waals surface area contributed by atoms with Gasteiger partial charge in [0.05, 0.1) is 6.54 Å². The molecule has 33 heavy (non-hydrogen) atoms. The first kappa shape index (κ1) is 22.2. The van der Waals surface area contributed by atoms with Crippen LogP contribution in [0.1, 0.15) is 27.4 Å². The third-order valence-corrected chi connectivity index (χ3v) is 4.52. The van der Waals surface area contributed by atoms with E-state index in [2.05, 4.69) is 25.5 Å². The molecule has 14 heteroatoms. The largest absolute Gasteiger partial charge is 0.459 e. The number of alkyl halides is 5. The van der Waals surface area contributed by atoms with Crippen LogP contribution in [0.25, 0.3) is 5.65 Å². The highest BCUT2D eigenvalue weighted by Crippen LogP contribution is 2.43. The maximum atomic E-state index is 14.0. The molecule has 0 fully saturated rings. The third kappa shape index (κ3) is 4.23. The molecule has 0 atom stereocenters. The molecule has 0 aliphatic carbocycles. The van der Waals surface area contributed by atoms with Crippen molar-refractivity contribution in [3.05, 3.63) is 71.2 Å². The Morgan fingerprint density at radius 2 is 1.82 bits per heavy atom. The molecule has 0 radical (unpaired) electrons. The van der Waals surface area contributed by atoms with Gasteiger partial charge in [-0.15, -0.1) is 5.10 Å². The van der Waals surface area contributed by atoms with Crippen molar-refractivity contribution >= 4 is 17.5 Å². The van der Waals surface area contributed by atoms with E-state index < -0.39 is 35.2 Å². The second-order valence-corrected chi connectivity index (χ2v) is 6.97. The molecule has 4 rings (SSSR count). The van der Waals surface area contributed by atoms with Crippen LogP contribution in [0.2, 0.25) is 0 Å². The van der Waals surface area contributed by atoms with Crippen LogP contribution in [0.5, 0.6) is 0 Å². The second-order valence-electron chi connectivity index (χ2n) is 6.97. The third-order valence-electron chi connectivity index (χ3n) is 4.52. The zero-order chi connectivity index (χ0) is 24.0. The predicted molar refractivity (Wildman–Crippen MR) is 101 cm³/mol. The van der Waals surface area contributed by atoms with Crippen LogP contribution in [0.4, 0.5) is 32.3 Å². The Hall–Kier alpha value is -3.97. The maximum absolute atomic E-state index is 14.0. The second kappa shape index (κ2) is 7.86. The lowest BCUT2D eigenvalue weighted by atomic mass is 10.2. The van der Waals surface area contributed by atoms with Gasteiger partial charge in [-0.3, -0.25) is 10.1 Å². The minimum absolute atomic E-state index is 0.0169. The Labute approximate surface area is 180 Å². The molecular weight excluding hydrogens is 456 g/mol. The number of amides is 1. The molecule has 0 spiro atoms. The number of nitrogens with one attached hydrogen (secondary N) is 1. The van der Waals surface area contributed by atoms with Gasteiger partial charge >= 0.3 is 12.1 Å². The number of halogens is 6. The normalized spacial score (nSPS) is 12.3. The zero-order valence-corrected chi connectivity index (χ0v) is 16.6. The molecule has 1 aromatic carbocycles. The highest BCUT2D eigenvalue weighted by Gasteiger charge is 2.60. The van der Waals surface area contributed by atoms with Crippen molar-refractivity contribution in [2.75, 3.05) is 5.32 Å². The van der Waals surface area contributed by atoms with Crippen molar-refractivity contribution in [1.29, 1.82) is 0 Å². The summed E-state index contributed by atoms with van der Waals surface area (Å²) in [5.41, 5.74) is -2.15. The van der Waals surface area contributed by atoms with Crippen molar-refractivity contribution in [3.8, 4) is 0 Å². The van der Waals surface area contributed by atoms with Gasteiger partial charge in [0, 0.05) is 17.3 Å². The summed E-state index contributed by atoms with van der Waals surface area (Å²) >= 11 is 0. The fourth-order valence-electron chi connectivity index (χ4n) is 2.97. The number of hydrogen-bond acceptors (Lipinski definition) is 5. The molecule has 0 unspecified atom stereocenters. The van der Waals surface area contributed by atoms with Gasteiger partial charge in [0.25, 0.3) is 5.91 Å². The molecule has 0 aliphatic heterocycles. The molecule has 1 N–H and O–H groups in total. The Balaban J connectivity index is 1.59. The molecule has 3 heterocycles. The number of aryl methyl sites for hydroxylation is 1. The van der Waals surface area contributed by atoms with Crippen LogP contribution in [0, 0.1) is 12.7 Å². The molecule has 0 bridgehead atoms. The highest BCUT2D eigenvalue weighted by molar-refractivity contribution is 6.02. The molecule has 3 aromatic heterocycles. The number of carbonyl (C=O) groups is 1. The number of rotatable bonds is 5. The quantitative estimate of drug-likeness (QED) is 0.450. The van der Waals surface area contributed by atoms with Gasteiger partial charge in [0.15, 0.2) is 11.3 Å². The summed E-state index contributed by atoms with van der Waals surface area (Å²) in [7, 11) is 0. The highest BCUT2D eigenvalue weighted by atomic mass is 19.4. The summed E-state index contributed by atoms with van der Waals surface area (Å²) < 4.78 is 81.9. The molecule has 1 amide bonds. The number of nitrogens with zero attached hydrogens (tertiary/aromatic N) is 6. The Bertz CT molecular complexity index is 1340. The van der Waals surface area contributed by atoms with Crippen molar-refractivity contribution < 1.29 is 31.1 Å². The van der Waals surface area contributed by atoms with Crippen LogP contribution < -0.4 is 5.32 Å². The van der Waals surface area contributed by atoms with E-state index in [-0.39, 0.29) is 28.3 Å². The number of anilines is 1. The predicted octanol–water partition coefficient (Wildman–Crippen LogP) is 3.72. The van der Waals surface area contributed by atoms with Gasteiger partial charge < -0.3 is 0 Å². The van der Waals surface area contributed by atoms with E-state index in [1.54, 1.807) is 6.07 Å². The van der Waals surface area contributed by atoms with Crippen LogP contribution in [-0.4, -0.2) is 41.4 Å². The number of fused-ring (bicyclic) bond motifs is 1. The Kier molecular flexibility index (Phi) is 5.30. The van der Waals surface area contributed by atoms with Gasteiger partial charge in [-0.2, -0.15) is 27.1 Å². The number of carbonyl (C=O) groups excluding carboxylic acids is 1. The summed E-state index contributed by atoms with van der Waals surface area (Å²) in [6.07, 6.45) is -4.66. The maximum Gasteiger partial charge on any atom is 0.459 e. The van der Waals surface area contributed by atoms with Crippen LogP contribution >= 0.6 is 0 Å². The van der Waals surface area contributed by atoms with Crippen LogP contribution in [-0.2, 0) is 12.5 Å². The molecule has 0 saturated carbocycles. The summed E-state index contributed by atoms with van der Waals surface area (Å²) in [5.74, 6) is -6.87.